The fourth-order valence-corrected chi connectivity index (χ4v) is 4.21. The maximum Gasteiger partial charge on any atom is 0.239 e. The highest BCUT2D eigenvalue weighted by atomic mass is 16.5. The Bertz CT molecular complexity index is 809. The van der Waals surface area contributed by atoms with Gasteiger partial charge in [0.2, 0.25) is 5.91 Å². The first-order chi connectivity index (χ1) is 13.5. The quantitative estimate of drug-likeness (QED) is 0.859. The summed E-state index contributed by atoms with van der Waals surface area (Å²) in [7, 11) is 0. The predicted octanol–water partition coefficient (Wildman–Crippen LogP) is 3.58. The van der Waals surface area contributed by atoms with Gasteiger partial charge >= 0.3 is 0 Å². The molecule has 1 amide bonds. The molecule has 6 heteroatoms. The van der Waals surface area contributed by atoms with Crippen molar-refractivity contribution < 1.29 is 9.53 Å². The molecule has 2 heterocycles. The zero-order valence-electron chi connectivity index (χ0n) is 16.9. The Morgan fingerprint density at radius 3 is 2.71 bits per heavy atom. The standard InChI is InChI=1S/C22H30N4O2/c1-22(2)16-28-13-12-25(22)15-21(27)23-20-14-19(17-8-6-7-9-17)24-26(20)18-10-4-3-5-11-18/h3-5,10-11,14,17H,6-9,12-13,15-16H2,1-2H3,(H,23,27). The van der Waals surface area contributed by atoms with Crippen LogP contribution in [0.15, 0.2) is 36.4 Å². The van der Waals surface area contributed by atoms with Gasteiger partial charge in [-0.1, -0.05) is 31.0 Å². The van der Waals surface area contributed by atoms with Gasteiger partial charge in [0.1, 0.15) is 5.82 Å². The van der Waals surface area contributed by atoms with Crippen molar-refractivity contribution in [3.63, 3.8) is 0 Å². The van der Waals surface area contributed by atoms with Gasteiger partial charge in [-0.25, -0.2) is 4.68 Å². The molecule has 2 aromatic rings. The summed E-state index contributed by atoms with van der Waals surface area (Å²) in [4.78, 5) is 15.0. The van der Waals surface area contributed by atoms with E-state index in [1.807, 2.05) is 35.0 Å². The first kappa shape index (κ1) is 19.2. The van der Waals surface area contributed by atoms with E-state index in [0.717, 1.165) is 23.7 Å². The number of benzene rings is 1. The Balaban J connectivity index is 1.54. The number of hydrogen-bond acceptors (Lipinski definition) is 4. The first-order valence-corrected chi connectivity index (χ1v) is 10.3. The van der Waals surface area contributed by atoms with Gasteiger partial charge in [0.25, 0.3) is 0 Å². The molecule has 1 aromatic carbocycles. The largest absolute Gasteiger partial charge is 0.378 e. The number of carbonyl (C=O) groups excluding carboxylic acids is 1. The molecule has 28 heavy (non-hydrogen) atoms. The number of rotatable bonds is 5. The van der Waals surface area contributed by atoms with E-state index in [2.05, 4.69) is 30.1 Å². The lowest BCUT2D eigenvalue weighted by Crippen LogP contribution is -2.55. The topological polar surface area (TPSA) is 59.4 Å². The van der Waals surface area contributed by atoms with Gasteiger partial charge in [0.15, 0.2) is 0 Å². The summed E-state index contributed by atoms with van der Waals surface area (Å²) in [6.07, 6.45) is 4.88. The minimum absolute atomic E-state index is 0.00923. The molecular formula is C22H30N4O2. The van der Waals surface area contributed by atoms with Crippen LogP contribution in [0.5, 0.6) is 0 Å². The van der Waals surface area contributed by atoms with Crippen LogP contribution in [0.3, 0.4) is 0 Å². The molecule has 0 unspecified atom stereocenters. The lowest BCUT2D eigenvalue weighted by atomic mass is 10.0. The van der Waals surface area contributed by atoms with Crippen LogP contribution < -0.4 is 5.32 Å². The van der Waals surface area contributed by atoms with Crippen molar-refractivity contribution in [3.05, 3.63) is 42.1 Å². The molecule has 1 aliphatic heterocycles. The molecule has 6 nitrogen and oxygen atoms in total. The maximum absolute atomic E-state index is 12.8. The molecule has 0 spiro atoms. The molecule has 0 bridgehead atoms. The highest BCUT2D eigenvalue weighted by Crippen LogP contribution is 2.35. The fraction of sp³-hybridized carbons (Fsp3) is 0.545. The van der Waals surface area contributed by atoms with Crippen LogP contribution in [0.1, 0.15) is 51.1 Å². The highest BCUT2D eigenvalue weighted by Gasteiger charge is 2.32. The minimum Gasteiger partial charge on any atom is -0.378 e. The second kappa shape index (κ2) is 8.05. The number of anilines is 1. The summed E-state index contributed by atoms with van der Waals surface area (Å²) in [5, 5.41) is 7.98. The fourth-order valence-electron chi connectivity index (χ4n) is 4.21. The van der Waals surface area contributed by atoms with Gasteiger partial charge in [0.05, 0.1) is 31.1 Å². The van der Waals surface area contributed by atoms with E-state index in [0.29, 0.717) is 25.7 Å². The molecule has 1 aromatic heterocycles. The number of hydrogen-bond donors (Lipinski definition) is 1. The third kappa shape index (κ3) is 4.13. The van der Waals surface area contributed by atoms with E-state index in [-0.39, 0.29) is 11.4 Å². The van der Waals surface area contributed by atoms with Crippen LogP contribution in [0.2, 0.25) is 0 Å². The van der Waals surface area contributed by atoms with Crippen LogP contribution in [0.25, 0.3) is 5.69 Å². The zero-order valence-corrected chi connectivity index (χ0v) is 16.9. The molecule has 1 saturated carbocycles. The zero-order chi connectivity index (χ0) is 19.6. The number of morpholine rings is 1. The molecule has 0 atom stereocenters. The van der Waals surface area contributed by atoms with Crippen molar-refractivity contribution in [1.82, 2.24) is 14.7 Å². The van der Waals surface area contributed by atoms with Gasteiger partial charge in [-0.15, -0.1) is 0 Å². The number of aromatic nitrogens is 2. The molecule has 4 rings (SSSR count). The van der Waals surface area contributed by atoms with Gasteiger partial charge in [-0.05, 0) is 38.8 Å². The number of nitrogens with zero attached hydrogens (tertiary/aromatic N) is 3. The van der Waals surface area contributed by atoms with Crippen molar-refractivity contribution in [1.29, 1.82) is 0 Å². The van der Waals surface area contributed by atoms with Crippen molar-refractivity contribution in [2.24, 2.45) is 0 Å². The average Bonchev–Trinajstić information content (AvgIpc) is 3.34. The molecule has 1 aliphatic carbocycles. The lowest BCUT2D eigenvalue weighted by molar-refractivity contribution is -0.122. The third-order valence-electron chi connectivity index (χ3n) is 5.92. The number of para-hydroxylation sites is 1. The van der Waals surface area contributed by atoms with Crippen LogP contribution in [-0.2, 0) is 9.53 Å². The Hall–Kier alpha value is -2.18. The van der Waals surface area contributed by atoms with E-state index in [9.17, 15) is 4.79 Å². The summed E-state index contributed by atoms with van der Waals surface area (Å²) in [5.74, 6) is 1.24. The number of nitrogens with one attached hydrogen (secondary N) is 1. The minimum atomic E-state index is -0.135. The van der Waals surface area contributed by atoms with Gasteiger partial charge in [-0.3, -0.25) is 9.69 Å². The summed E-state index contributed by atoms with van der Waals surface area (Å²) < 4.78 is 7.44. The molecule has 2 aliphatic rings. The van der Waals surface area contributed by atoms with E-state index in [1.54, 1.807) is 0 Å². The molecular weight excluding hydrogens is 352 g/mol. The van der Waals surface area contributed by atoms with E-state index < -0.39 is 0 Å². The number of carbonyl (C=O) groups is 1. The van der Waals surface area contributed by atoms with Gasteiger partial charge in [0, 0.05) is 24.1 Å². The molecule has 2 fully saturated rings. The highest BCUT2D eigenvalue weighted by molar-refractivity contribution is 5.91. The molecule has 0 radical (unpaired) electrons. The number of amides is 1. The van der Waals surface area contributed by atoms with E-state index in [1.165, 1.54) is 25.7 Å². The SMILES string of the molecule is CC1(C)COCCN1CC(=O)Nc1cc(C2CCCC2)nn1-c1ccccc1. The Kier molecular flexibility index (Phi) is 5.51. The van der Waals surface area contributed by atoms with Crippen molar-refractivity contribution in [2.45, 2.75) is 51.0 Å². The Morgan fingerprint density at radius 2 is 2.00 bits per heavy atom. The first-order valence-electron chi connectivity index (χ1n) is 10.3. The normalized spacial score (nSPS) is 20.4. The van der Waals surface area contributed by atoms with Gasteiger partial charge < -0.3 is 10.1 Å². The summed E-state index contributed by atoms with van der Waals surface area (Å²) in [6, 6.07) is 12.1. The smallest absolute Gasteiger partial charge is 0.239 e. The van der Waals surface area contributed by atoms with Crippen LogP contribution in [0.4, 0.5) is 5.82 Å². The van der Waals surface area contributed by atoms with Crippen LogP contribution in [-0.4, -0.2) is 52.4 Å². The van der Waals surface area contributed by atoms with Gasteiger partial charge in [-0.2, -0.15) is 5.10 Å². The summed E-state index contributed by atoms with van der Waals surface area (Å²) >= 11 is 0. The van der Waals surface area contributed by atoms with Crippen molar-refractivity contribution in [3.8, 4) is 5.69 Å². The summed E-state index contributed by atoms with van der Waals surface area (Å²) in [6.45, 7) is 6.68. The second-order valence-electron chi connectivity index (χ2n) is 8.52. The van der Waals surface area contributed by atoms with E-state index >= 15 is 0 Å². The molecule has 150 valence electrons. The summed E-state index contributed by atoms with van der Waals surface area (Å²) in [5.41, 5.74) is 1.92. The second-order valence-corrected chi connectivity index (χ2v) is 8.52. The Labute approximate surface area is 166 Å². The van der Waals surface area contributed by atoms with E-state index in [4.69, 9.17) is 9.84 Å². The lowest BCUT2D eigenvalue weighted by Gasteiger charge is -2.41. The van der Waals surface area contributed by atoms with Crippen LogP contribution in [0, 0.1) is 0 Å². The molecule has 1 saturated heterocycles. The Morgan fingerprint density at radius 1 is 1.25 bits per heavy atom. The maximum atomic E-state index is 12.8. The predicted molar refractivity (Wildman–Crippen MR) is 110 cm³/mol. The average molecular weight is 383 g/mol. The molecule has 1 N–H and O–H groups in total. The van der Waals surface area contributed by atoms with Crippen LogP contribution >= 0.6 is 0 Å². The number of ether oxygens (including phenoxy) is 1. The third-order valence-corrected chi connectivity index (χ3v) is 5.92. The van der Waals surface area contributed by atoms with Crippen molar-refractivity contribution >= 4 is 11.7 Å². The monoisotopic (exact) mass is 382 g/mol. The van der Waals surface area contributed by atoms with Crippen molar-refractivity contribution in [2.75, 3.05) is 31.6 Å².